The van der Waals surface area contributed by atoms with Crippen LogP contribution in [0, 0.1) is 0 Å². The number of ether oxygens (including phenoxy) is 1. The molecule has 1 unspecified atom stereocenters. The van der Waals surface area contributed by atoms with Crippen LogP contribution in [0.2, 0.25) is 0 Å². The Morgan fingerprint density at radius 1 is 1.36 bits per heavy atom. The van der Waals surface area contributed by atoms with Gasteiger partial charge in [-0.15, -0.1) is 0 Å². The highest BCUT2D eigenvalue weighted by molar-refractivity contribution is 5.83. The van der Waals surface area contributed by atoms with E-state index in [1.54, 1.807) is 13.2 Å². The Balaban J connectivity index is 2.03. The first-order valence-electron chi connectivity index (χ1n) is 7.67. The first kappa shape index (κ1) is 16.2. The van der Waals surface area contributed by atoms with Crippen LogP contribution in [0.25, 0.3) is 10.9 Å². The third-order valence-electron chi connectivity index (χ3n) is 3.64. The first-order valence-corrected chi connectivity index (χ1v) is 7.67. The van der Waals surface area contributed by atoms with Crippen molar-refractivity contribution < 1.29 is 4.74 Å². The van der Waals surface area contributed by atoms with E-state index in [1.807, 2.05) is 24.4 Å². The highest BCUT2D eigenvalue weighted by Gasteiger charge is 2.07. The van der Waals surface area contributed by atoms with Crippen LogP contribution >= 0.6 is 0 Å². The normalized spacial score (nSPS) is 12.6. The van der Waals surface area contributed by atoms with Gasteiger partial charge < -0.3 is 10.1 Å². The molecule has 22 heavy (non-hydrogen) atoms. The minimum absolute atomic E-state index is 0.411. The topological polar surface area (TPSA) is 34.2 Å². The van der Waals surface area contributed by atoms with Gasteiger partial charge in [-0.3, -0.25) is 4.98 Å². The summed E-state index contributed by atoms with van der Waals surface area (Å²) in [6.07, 6.45) is 9.77. The number of rotatable bonds is 8. The maximum atomic E-state index is 5.33. The maximum Gasteiger partial charge on any atom is 0.119 e. The van der Waals surface area contributed by atoms with Gasteiger partial charge in [0, 0.05) is 17.6 Å². The number of nitrogens with one attached hydrogen (secondary N) is 1. The third-order valence-corrected chi connectivity index (χ3v) is 3.64. The largest absolute Gasteiger partial charge is 0.497 e. The molecule has 2 rings (SSSR count). The monoisotopic (exact) mass is 296 g/mol. The second-order valence-corrected chi connectivity index (χ2v) is 5.36. The summed E-state index contributed by atoms with van der Waals surface area (Å²) in [5.41, 5.74) is 2.31. The Kier molecular flexibility index (Phi) is 6.16. The molecule has 1 aromatic heterocycles. The predicted octanol–water partition coefficient (Wildman–Crippen LogP) is 3.90. The van der Waals surface area contributed by atoms with E-state index in [1.165, 1.54) is 10.9 Å². The SMILES string of the molecule is C=C/C=C/CCNC(C)Cc1ccnc2ccc(OC)cc12. The molecule has 0 saturated carbocycles. The van der Waals surface area contributed by atoms with Crippen molar-refractivity contribution >= 4 is 10.9 Å². The van der Waals surface area contributed by atoms with Crippen molar-refractivity contribution in [3.05, 3.63) is 60.8 Å². The highest BCUT2D eigenvalue weighted by atomic mass is 16.5. The molecule has 1 atom stereocenters. The molecule has 0 fully saturated rings. The van der Waals surface area contributed by atoms with Gasteiger partial charge in [0.05, 0.1) is 12.6 Å². The molecule has 1 aromatic carbocycles. The molecule has 0 aliphatic carbocycles. The Hall–Kier alpha value is -2.13. The second kappa shape index (κ2) is 8.35. The van der Waals surface area contributed by atoms with Crippen LogP contribution < -0.4 is 10.1 Å². The molecule has 0 aliphatic rings. The van der Waals surface area contributed by atoms with Crippen LogP contribution in [0.15, 0.2) is 55.3 Å². The summed E-state index contributed by atoms with van der Waals surface area (Å²) < 4.78 is 5.33. The zero-order valence-electron chi connectivity index (χ0n) is 13.4. The smallest absolute Gasteiger partial charge is 0.119 e. The molecular weight excluding hydrogens is 272 g/mol. The van der Waals surface area contributed by atoms with Crippen molar-refractivity contribution in [3.63, 3.8) is 0 Å². The number of nitrogens with zero attached hydrogens (tertiary/aromatic N) is 1. The lowest BCUT2D eigenvalue weighted by Crippen LogP contribution is -2.28. The Bertz CT molecular complexity index is 649. The van der Waals surface area contributed by atoms with E-state index in [0.717, 1.165) is 30.7 Å². The molecule has 0 saturated heterocycles. The highest BCUT2D eigenvalue weighted by Crippen LogP contribution is 2.23. The zero-order chi connectivity index (χ0) is 15.8. The van der Waals surface area contributed by atoms with Gasteiger partial charge in [-0.2, -0.15) is 0 Å². The number of fused-ring (bicyclic) bond motifs is 1. The van der Waals surface area contributed by atoms with Crippen molar-refractivity contribution in [2.45, 2.75) is 25.8 Å². The molecule has 2 aromatic rings. The van der Waals surface area contributed by atoms with E-state index in [2.05, 4.69) is 42.0 Å². The van der Waals surface area contributed by atoms with Gasteiger partial charge in [0.1, 0.15) is 5.75 Å². The molecule has 1 heterocycles. The zero-order valence-corrected chi connectivity index (χ0v) is 13.4. The number of benzene rings is 1. The van der Waals surface area contributed by atoms with Crippen molar-refractivity contribution in [1.29, 1.82) is 0 Å². The van der Waals surface area contributed by atoms with Gasteiger partial charge in [-0.1, -0.05) is 24.8 Å². The lowest BCUT2D eigenvalue weighted by molar-refractivity contribution is 0.415. The van der Waals surface area contributed by atoms with Crippen LogP contribution in [-0.4, -0.2) is 24.7 Å². The average molecular weight is 296 g/mol. The Labute approximate surface area is 132 Å². The molecule has 3 heteroatoms. The number of hydrogen-bond donors (Lipinski definition) is 1. The van der Waals surface area contributed by atoms with Crippen LogP contribution in [0.1, 0.15) is 18.9 Å². The summed E-state index contributed by atoms with van der Waals surface area (Å²) in [6, 6.07) is 8.53. The summed E-state index contributed by atoms with van der Waals surface area (Å²) in [5, 5.41) is 4.71. The summed E-state index contributed by atoms with van der Waals surface area (Å²) in [6.45, 7) is 6.85. The van der Waals surface area contributed by atoms with E-state index in [0.29, 0.717) is 6.04 Å². The Morgan fingerprint density at radius 2 is 2.23 bits per heavy atom. The maximum absolute atomic E-state index is 5.33. The molecule has 0 bridgehead atoms. The van der Waals surface area contributed by atoms with Crippen molar-refractivity contribution in [1.82, 2.24) is 10.3 Å². The molecule has 3 nitrogen and oxygen atoms in total. The van der Waals surface area contributed by atoms with E-state index in [9.17, 15) is 0 Å². The summed E-state index contributed by atoms with van der Waals surface area (Å²) in [4.78, 5) is 4.43. The van der Waals surface area contributed by atoms with Crippen LogP contribution in [-0.2, 0) is 6.42 Å². The lowest BCUT2D eigenvalue weighted by Gasteiger charge is -2.15. The van der Waals surface area contributed by atoms with Gasteiger partial charge in [-0.25, -0.2) is 0 Å². The van der Waals surface area contributed by atoms with Gasteiger partial charge in [-0.05, 0) is 56.1 Å². The van der Waals surface area contributed by atoms with E-state index < -0.39 is 0 Å². The number of hydrogen-bond acceptors (Lipinski definition) is 3. The predicted molar refractivity (Wildman–Crippen MR) is 93.4 cm³/mol. The van der Waals surface area contributed by atoms with Crippen LogP contribution in [0.4, 0.5) is 0 Å². The van der Waals surface area contributed by atoms with Gasteiger partial charge >= 0.3 is 0 Å². The molecular formula is C19H24N2O. The van der Waals surface area contributed by atoms with Crippen molar-refractivity contribution in [2.75, 3.05) is 13.7 Å². The summed E-state index contributed by atoms with van der Waals surface area (Å²) in [5.74, 6) is 0.872. The fourth-order valence-electron chi connectivity index (χ4n) is 2.49. The third kappa shape index (κ3) is 4.43. The molecule has 1 N–H and O–H groups in total. The molecule has 116 valence electrons. The first-order chi connectivity index (χ1) is 10.7. The standard InChI is InChI=1S/C19H24N2O/c1-4-5-6-7-11-20-15(2)13-16-10-12-21-19-9-8-17(22-3)14-18(16)19/h4-6,8-10,12,14-15,20H,1,7,11,13H2,2-3H3/b6-5+. The molecule has 0 radical (unpaired) electrons. The van der Waals surface area contributed by atoms with E-state index in [4.69, 9.17) is 4.74 Å². The average Bonchev–Trinajstić information content (AvgIpc) is 2.54. The number of allylic oxidation sites excluding steroid dienone is 2. The van der Waals surface area contributed by atoms with Crippen molar-refractivity contribution in [2.24, 2.45) is 0 Å². The van der Waals surface area contributed by atoms with Gasteiger partial charge in [0.15, 0.2) is 0 Å². The number of aromatic nitrogens is 1. The van der Waals surface area contributed by atoms with E-state index in [-0.39, 0.29) is 0 Å². The fraction of sp³-hybridized carbons (Fsp3) is 0.316. The van der Waals surface area contributed by atoms with Crippen LogP contribution in [0.3, 0.4) is 0 Å². The fourth-order valence-corrected chi connectivity index (χ4v) is 2.49. The van der Waals surface area contributed by atoms with Crippen LogP contribution in [0.5, 0.6) is 5.75 Å². The molecule has 0 spiro atoms. The second-order valence-electron chi connectivity index (χ2n) is 5.36. The van der Waals surface area contributed by atoms with Crippen molar-refractivity contribution in [3.8, 4) is 5.75 Å². The molecule has 0 aliphatic heterocycles. The quantitative estimate of drug-likeness (QED) is 0.592. The molecule has 0 amide bonds. The summed E-state index contributed by atoms with van der Waals surface area (Å²) in [7, 11) is 1.69. The summed E-state index contributed by atoms with van der Waals surface area (Å²) >= 11 is 0. The van der Waals surface area contributed by atoms with Gasteiger partial charge in [0.25, 0.3) is 0 Å². The lowest BCUT2D eigenvalue weighted by atomic mass is 10.0. The minimum atomic E-state index is 0.411. The number of pyridine rings is 1. The number of methoxy groups -OCH3 is 1. The minimum Gasteiger partial charge on any atom is -0.497 e. The van der Waals surface area contributed by atoms with E-state index >= 15 is 0 Å². The Morgan fingerprint density at radius 3 is 3.00 bits per heavy atom. The van der Waals surface area contributed by atoms with Gasteiger partial charge in [0.2, 0.25) is 0 Å².